The first-order valence-corrected chi connectivity index (χ1v) is 5.06. The quantitative estimate of drug-likeness (QED) is 0.773. The maximum Gasteiger partial charge on any atom is 0.107 e. The van der Waals surface area contributed by atoms with E-state index in [1.807, 2.05) is 0 Å². The first kappa shape index (κ1) is 8.82. The first-order chi connectivity index (χ1) is 6.22. The van der Waals surface area contributed by atoms with Crippen LogP contribution in [0.5, 0.6) is 0 Å². The predicted molar refractivity (Wildman–Crippen MR) is 52.6 cm³/mol. The highest BCUT2D eigenvalue weighted by Crippen LogP contribution is 2.49. The van der Waals surface area contributed by atoms with Crippen LogP contribution in [0.25, 0.3) is 0 Å². The van der Waals surface area contributed by atoms with Crippen molar-refractivity contribution in [1.82, 2.24) is 0 Å². The highest BCUT2D eigenvalue weighted by atomic mass is 16.3. The van der Waals surface area contributed by atoms with Gasteiger partial charge in [-0.05, 0) is 31.4 Å². The van der Waals surface area contributed by atoms with E-state index in [1.165, 1.54) is 6.42 Å². The lowest BCUT2D eigenvalue weighted by atomic mass is 10.1. The van der Waals surface area contributed by atoms with Crippen LogP contribution in [-0.4, -0.2) is 6.04 Å². The Hall–Kier alpha value is -0.760. The zero-order valence-electron chi connectivity index (χ0n) is 8.29. The van der Waals surface area contributed by atoms with Crippen molar-refractivity contribution in [1.29, 1.82) is 0 Å². The van der Waals surface area contributed by atoms with Crippen molar-refractivity contribution in [3.05, 3.63) is 23.7 Å². The molecule has 0 aliphatic heterocycles. The summed E-state index contributed by atoms with van der Waals surface area (Å²) in [6, 6.07) is 4.48. The summed E-state index contributed by atoms with van der Waals surface area (Å²) in [6.07, 6.45) is 2.18. The number of hydrogen-bond donors (Lipinski definition) is 1. The molecule has 2 N–H and O–H groups in total. The fraction of sp³-hybridized carbons (Fsp3) is 0.636. The van der Waals surface area contributed by atoms with Crippen LogP contribution < -0.4 is 5.73 Å². The van der Waals surface area contributed by atoms with Crippen molar-refractivity contribution < 1.29 is 4.42 Å². The van der Waals surface area contributed by atoms with E-state index in [-0.39, 0.29) is 0 Å². The van der Waals surface area contributed by atoms with Gasteiger partial charge in [0.2, 0.25) is 0 Å². The molecule has 2 rings (SSSR count). The summed E-state index contributed by atoms with van der Waals surface area (Å²) in [7, 11) is 0. The summed E-state index contributed by atoms with van der Waals surface area (Å²) in [4.78, 5) is 0. The number of furan rings is 1. The Morgan fingerprint density at radius 1 is 1.62 bits per heavy atom. The number of hydrogen-bond acceptors (Lipinski definition) is 2. The molecule has 1 heterocycles. The lowest BCUT2D eigenvalue weighted by molar-refractivity contribution is 0.459. The smallest absolute Gasteiger partial charge is 0.107 e. The number of aryl methyl sites for hydroxylation is 1. The molecule has 1 fully saturated rings. The third-order valence-corrected chi connectivity index (χ3v) is 2.91. The molecule has 1 aliphatic carbocycles. The Bertz CT molecular complexity index is 290. The van der Waals surface area contributed by atoms with E-state index in [0.29, 0.717) is 17.9 Å². The molecular formula is C11H17NO. The van der Waals surface area contributed by atoms with Gasteiger partial charge in [-0.3, -0.25) is 0 Å². The van der Waals surface area contributed by atoms with E-state index in [0.717, 1.165) is 17.9 Å². The van der Waals surface area contributed by atoms with Crippen LogP contribution in [0.2, 0.25) is 0 Å². The van der Waals surface area contributed by atoms with E-state index < -0.39 is 0 Å². The van der Waals surface area contributed by atoms with E-state index in [2.05, 4.69) is 26.0 Å². The van der Waals surface area contributed by atoms with Gasteiger partial charge in [0, 0.05) is 18.4 Å². The van der Waals surface area contributed by atoms with E-state index in [4.69, 9.17) is 10.2 Å². The second-order valence-corrected chi connectivity index (χ2v) is 4.02. The van der Waals surface area contributed by atoms with Crippen molar-refractivity contribution in [2.24, 2.45) is 11.7 Å². The van der Waals surface area contributed by atoms with E-state index >= 15 is 0 Å². The second kappa shape index (κ2) is 3.18. The number of rotatable bonds is 3. The molecule has 2 heteroatoms. The zero-order chi connectivity index (χ0) is 9.42. The van der Waals surface area contributed by atoms with Gasteiger partial charge in [-0.1, -0.05) is 6.92 Å². The Kier molecular flexibility index (Phi) is 2.16. The summed E-state index contributed by atoms with van der Waals surface area (Å²) in [5.74, 6) is 3.47. The van der Waals surface area contributed by atoms with E-state index in [9.17, 15) is 0 Å². The van der Waals surface area contributed by atoms with Gasteiger partial charge in [0.05, 0.1) is 0 Å². The minimum Gasteiger partial charge on any atom is -0.466 e. The zero-order valence-corrected chi connectivity index (χ0v) is 8.29. The van der Waals surface area contributed by atoms with Crippen molar-refractivity contribution in [3.8, 4) is 0 Å². The van der Waals surface area contributed by atoms with Gasteiger partial charge in [0.25, 0.3) is 0 Å². The minimum atomic E-state index is 0.306. The van der Waals surface area contributed by atoms with Gasteiger partial charge in [0.15, 0.2) is 0 Å². The average molecular weight is 179 g/mol. The van der Waals surface area contributed by atoms with Gasteiger partial charge in [-0.2, -0.15) is 0 Å². The molecular weight excluding hydrogens is 162 g/mol. The summed E-state index contributed by atoms with van der Waals surface area (Å²) < 4.78 is 5.68. The van der Waals surface area contributed by atoms with Gasteiger partial charge < -0.3 is 10.2 Å². The lowest BCUT2D eigenvalue weighted by Crippen LogP contribution is -2.17. The molecule has 0 radical (unpaired) electrons. The lowest BCUT2D eigenvalue weighted by Gasteiger charge is -2.00. The van der Waals surface area contributed by atoms with Crippen LogP contribution in [0.4, 0.5) is 0 Å². The molecule has 3 atom stereocenters. The SMILES string of the molecule is CCc1ccc(C2CC2C(C)N)o1. The maximum absolute atomic E-state index is 5.82. The van der Waals surface area contributed by atoms with Gasteiger partial charge in [0.1, 0.15) is 11.5 Å². The van der Waals surface area contributed by atoms with Crippen molar-refractivity contribution in [2.45, 2.75) is 38.6 Å². The summed E-state index contributed by atoms with van der Waals surface area (Å²) in [5.41, 5.74) is 5.82. The van der Waals surface area contributed by atoms with Crippen LogP contribution in [0.15, 0.2) is 16.5 Å². The van der Waals surface area contributed by atoms with Crippen LogP contribution in [0, 0.1) is 5.92 Å². The number of nitrogens with two attached hydrogens (primary N) is 1. The fourth-order valence-electron chi connectivity index (χ4n) is 1.91. The highest BCUT2D eigenvalue weighted by Gasteiger charge is 2.42. The average Bonchev–Trinajstić information content (AvgIpc) is 2.78. The van der Waals surface area contributed by atoms with Crippen molar-refractivity contribution in [3.63, 3.8) is 0 Å². The normalized spacial score (nSPS) is 28.8. The molecule has 72 valence electrons. The highest BCUT2D eigenvalue weighted by molar-refractivity contribution is 5.19. The predicted octanol–water partition coefficient (Wildman–Crippen LogP) is 2.29. The van der Waals surface area contributed by atoms with Gasteiger partial charge in [-0.15, -0.1) is 0 Å². The van der Waals surface area contributed by atoms with Crippen LogP contribution >= 0.6 is 0 Å². The van der Waals surface area contributed by atoms with Crippen LogP contribution in [0.1, 0.15) is 37.7 Å². The topological polar surface area (TPSA) is 39.2 Å². The molecule has 13 heavy (non-hydrogen) atoms. The second-order valence-electron chi connectivity index (χ2n) is 4.02. The Balaban J connectivity index is 2.03. The summed E-state index contributed by atoms with van der Waals surface area (Å²) in [5, 5.41) is 0. The maximum atomic E-state index is 5.82. The Morgan fingerprint density at radius 2 is 2.38 bits per heavy atom. The molecule has 1 aromatic rings. The minimum absolute atomic E-state index is 0.306. The first-order valence-electron chi connectivity index (χ1n) is 5.06. The Labute approximate surface area is 79.1 Å². The third-order valence-electron chi connectivity index (χ3n) is 2.91. The summed E-state index contributed by atoms with van der Waals surface area (Å²) in [6.45, 7) is 4.19. The van der Waals surface area contributed by atoms with Crippen LogP contribution in [-0.2, 0) is 6.42 Å². The molecule has 0 spiro atoms. The fourth-order valence-corrected chi connectivity index (χ4v) is 1.91. The third kappa shape index (κ3) is 1.63. The molecule has 0 saturated heterocycles. The molecule has 0 bridgehead atoms. The summed E-state index contributed by atoms with van der Waals surface area (Å²) >= 11 is 0. The van der Waals surface area contributed by atoms with Crippen LogP contribution in [0.3, 0.4) is 0 Å². The van der Waals surface area contributed by atoms with Crippen molar-refractivity contribution >= 4 is 0 Å². The largest absolute Gasteiger partial charge is 0.466 e. The molecule has 3 unspecified atom stereocenters. The standard InChI is InChI=1S/C11H17NO/c1-3-8-4-5-11(13-8)10-6-9(10)7(2)12/h4-5,7,9-10H,3,6,12H2,1-2H3. The molecule has 0 aromatic carbocycles. The molecule has 2 nitrogen and oxygen atoms in total. The van der Waals surface area contributed by atoms with Crippen molar-refractivity contribution in [2.75, 3.05) is 0 Å². The molecule has 1 aliphatic rings. The molecule has 1 saturated carbocycles. The molecule has 1 aromatic heterocycles. The Morgan fingerprint density at radius 3 is 2.85 bits per heavy atom. The monoisotopic (exact) mass is 179 g/mol. The van der Waals surface area contributed by atoms with Gasteiger partial charge >= 0.3 is 0 Å². The molecule has 0 amide bonds. The van der Waals surface area contributed by atoms with Gasteiger partial charge in [-0.25, -0.2) is 0 Å². The van der Waals surface area contributed by atoms with E-state index in [1.54, 1.807) is 0 Å².